The first-order valence-corrected chi connectivity index (χ1v) is 14.0. The highest BCUT2D eigenvalue weighted by Crippen LogP contribution is 2.38. The van der Waals surface area contributed by atoms with Crippen LogP contribution in [0.4, 0.5) is 22.2 Å². The number of nitrogens with one attached hydrogen (secondary N) is 1. The van der Waals surface area contributed by atoms with Crippen LogP contribution in [0.3, 0.4) is 0 Å². The van der Waals surface area contributed by atoms with Crippen molar-refractivity contribution in [3.63, 3.8) is 0 Å². The molecule has 2 aromatic heterocycles. The number of non-ortho nitro benzene ring substituents is 1. The van der Waals surface area contributed by atoms with E-state index in [1.54, 1.807) is 12.4 Å². The van der Waals surface area contributed by atoms with Gasteiger partial charge in [-0.25, -0.2) is 9.97 Å². The molecule has 38 heavy (non-hydrogen) atoms. The molecule has 0 spiro atoms. The fourth-order valence-electron chi connectivity index (χ4n) is 3.30. The monoisotopic (exact) mass is 602 g/mol. The van der Waals surface area contributed by atoms with E-state index < -0.39 is 27.1 Å². The molecule has 0 aliphatic carbocycles. The number of nitro groups is 2. The molecule has 0 bridgehead atoms. The van der Waals surface area contributed by atoms with Crippen molar-refractivity contribution in [3.05, 3.63) is 62.0 Å². The number of carbonyl (C=O) groups is 1. The van der Waals surface area contributed by atoms with Crippen molar-refractivity contribution >= 4 is 74.4 Å². The standard InChI is InChI=1S/C22H24Cl2N6O6S2/c1-22(2,3)16-10-25-17(36-16)12-37-18-11-26-21(38-18)27-20(31)14-8-13(29(32)33)9-15(30(34)35)19(14)28(6-4-23)7-5-24/h8-11H,4-7,12H2,1-3H3,(H,26,27,31). The van der Waals surface area contributed by atoms with Crippen LogP contribution in [-0.4, -0.2) is 50.6 Å². The van der Waals surface area contributed by atoms with Crippen LogP contribution >= 0.6 is 46.3 Å². The topological polar surface area (TPSA) is 158 Å². The lowest BCUT2D eigenvalue weighted by molar-refractivity contribution is -0.393. The fraction of sp³-hybridized carbons (Fsp3) is 0.409. The Kier molecular flexibility index (Phi) is 9.93. The van der Waals surface area contributed by atoms with Crippen molar-refractivity contribution in [3.8, 4) is 0 Å². The van der Waals surface area contributed by atoms with Crippen molar-refractivity contribution in [2.24, 2.45) is 0 Å². The highest BCUT2D eigenvalue weighted by molar-refractivity contribution is 8.00. The normalized spacial score (nSPS) is 11.4. The number of thioether (sulfide) groups is 1. The van der Waals surface area contributed by atoms with Crippen LogP contribution in [0.25, 0.3) is 0 Å². The Bertz CT molecular complexity index is 1320. The van der Waals surface area contributed by atoms with Gasteiger partial charge in [-0.05, 0) is 0 Å². The third kappa shape index (κ3) is 7.34. The molecule has 0 saturated carbocycles. The smallest absolute Gasteiger partial charge is 0.300 e. The Labute approximate surface area is 236 Å². The number of carbonyl (C=O) groups excluding carboxylic acids is 1. The summed E-state index contributed by atoms with van der Waals surface area (Å²) in [6.07, 6.45) is 3.25. The number of hydrogen-bond donors (Lipinski definition) is 1. The zero-order valence-electron chi connectivity index (χ0n) is 20.6. The quantitative estimate of drug-likeness (QED) is 0.111. The molecule has 204 valence electrons. The average Bonchev–Trinajstić information content (AvgIpc) is 3.51. The third-order valence-electron chi connectivity index (χ3n) is 5.09. The van der Waals surface area contributed by atoms with E-state index in [4.69, 9.17) is 27.6 Å². The molecule has 3 aromatic rings. The van der Waals surface area contributed by atoms with Crippen molar-refractivity contribution < 1.29 is 19.1 Å². The van der Waals surface area contributed by atoms with Crippen molar-refractivity contribution in [1.29, 1.82) is 0 Å². The lowest BCUT2D eigenvalue weighted by Crippen LogP contribution is -2.31. The molecule has 0 saturated heterocycles. The highest BCUT2D eigenvalue weighted by atomic mass is 35.5. The molecule has 0 aliphatic heterocycles. The maximum Gasteiger partial charge on any atom is 0.300 e. The molecule has 3 rings (SSSR count). The summed E-state index contributed by atoms with van der Waals surface area (Å²) in [5.74, 6) is 1.13. The minimum absolute atomic E-state index is 0.0843. The molecular formula is C22H24Cl2N6O6S2. The number of thiazole rings is 1. The molecule has 0 unspecified atom stereocenters. The summed E-state index contributed by atoms with van der Waals surface area (Å²) in [5.41, 5.74) is -1.74. The van der Waals surface area contributed by atoms with Gasteiger partial charge in [0, 0.05) is 36.3 Å². The van der Waals surface area contributed by atoms with E-state index in [0.29, 0.717) is 11.6 Å². The summed E-state index contributed by atoms with van der Waals surface area (Å²) >= 11 is 14.3. The first-order chi connectivity index (χ1) is 17.9. The van der Waals surface area contributed by atoms with E-state index >= 15 is 0 Å². The van der Waals surface area contributed by atoms with Gasteiger partial charge in [-0.3, -0.25) is 30.3 Å². The lowest BCUT2D eigenvalue weighted by Gasteiger charge is -2.24. The first-order valence-electron chi connectivity index (χ1n) is 11.1. The summed E-state index contributed by atoms with van der Waals surface area (Å²) < 4.78 is 6.54. The van der Waals surface area contributed by atoms with E-state index in [2.05, 4.69) is 15.3 Å². The van der Waals surface area contributed by atoms with Crippen LogP contribution in [0.15, 0.2) is 33.2 Å². The highest BCUT2D eigenvalue weighted by Gasteiger charge is 2.31. The minimum Gasteiger partial charge on any atom is -0.444 e. The number of alkyl halides is 2. The summed E-state index contributed by atoms with van der Waals surface area (Å²) in [6, 6.07) is 1.80. The molecule has 2 heterocycles. The number of halogens is 2. The van der Waals surface area contributed by atoms with Crippen LogP contribution < -0.4 is 10.2 Å². The second-order valence-electron chi connectivity index (χ2n) is 8.84. The van der Waals surface area contributed by atoms with Gasteiger partial charge in [0.25, 0.3) is 17.3 Å². The van der Waals surface area contributed by atoms with Crippen molar-refractivity contribution in [2.45, 2.75) is 36.1 Å². The molecule has 1 N–H and O–H groups in total. The van der Waals surface area contributed by atoms with Crippen LogP contribution in [0.1, 0.15) is 42.8 Å². The van der Waals surface area contributed by atoms with Gasteiger partial charge < -0.3 is 9.32 Å². The number of oxazole rings is 1. The zero-order valence-corrected chi connectivity index (χ0v) is 23.7. The predicted octanol–water partition coefficient (Wildman–Crippen LogP) is 6.07. The molecule has 1 amide bonds. The van der Waals surface area contributed by atoms with Crippen LogP contribution in [0, 0.1) is 20.2 Å². The number of aromatic nitrogens is 2. The Morgan fingerprint density at radius 3 is 2.37 bits per heavy atom. The van der Waals surface area contributed by atoms with Crippen LogP contribution in [0.2, 0.25) is 0 Å². The van der Waals surface area contributed by atoms with Gasteiger partial charge in [0.2, 0.25) is 5.89 Å². The van der Waals surface area contributed by atoms with Gasteiger partial charge in [0.1, 0.15) is 11.4 Å². The second-order valence-corrected chi connectivity index (χ2v) is 11.9. The summed E-state index contributed by atoms with van der Waals surface area (Å²) in [6.45, 7) is 6.32. The van der Waals surface area contributed by atoms with Crippen molar-refractivity contribution in [2.75, 3.05) is 35.1 Å². The minimum atomic E-state index is -0.799. The Morgan fingerprint density at radius 1 is 1.13 bits per heavy atom. The Morgan fingerprint density at radius 2 is 1.82 bits per heavy atom. The number of amides is 1. The number of benzene rings is 1. The number of nitro benzene ring substituents is 2. The van der Waals surface area contributed by atoms with Crippen LogP contribution in [0.5, 0.6) is 0 Å². The molecule has 0 radical (unpaired) electrons. The molecule has 1 aromatic carbocycles. The molecule has 12 nitrogen and oxygen atoms in total. The van der Waals surface area contributed by atoms with Gasteiger partial charge >= 0.3 is 0 Å². The zero-order chi connectivity index (χ0) is 28.0. The molecule has 0 aliphatic rings. The number of hydrogen-bond acceptors (Lipinski definition) is 11. The van der Waals surface area contributed by atoms with E-state index in [1.807, 2.05) is 20.8 Å². The van der Waals surface area contributed by atoms with Crippen molar-refractivity contribution in [1.82, 2.24) is 9.97 Å². The molecule has 0 fully saturated rings. The number of anilines is 2. The SMILES string of the molecule is CC(C)(C)c1cnc(CSc2cnc(NC(=O)c3cc([N+](=O)[O-])cc([N+](=O)[O-])c3N(CCCl)CCCl)s2)o1. The van der Waals surface area contributed by atoms with Gasteiger partial charge in [0.15, 0.2) is 5.13 Å². The van der Waals surface area contributed by atoms with E-state index in [-0.39, 0.29) is 46.6 Å². The summed E-state index contributed by atoms with van der Waals surface area (Å²) in [7, 11) is 0. The summed E-state index contributed by atoms with van der Waals surface area (Å²) in [5, 5.41) is 26.1. The van der Waals surface area contributed by atoms with E-state index in [9.17, 15) is 25.0 Å². The van der Waals surface area contributed by atoms with Gasteiger partial charge in [0.05, 0.1) is 43.8 Å². The lowest BCUT2D eigenvalue weighted by atomic mass is 9.94. The van der Waals surface area contributed by atoms with Gasteiger partial charge in [-0.1, -0.05) is 32.1 Å². The largest absolute Gasteiger partial charge is 0.444 e. The number of nitrogens with zero attached hydrogens (tertiary/aromatic N) is 5. The molecule has 0 atom stereocenters. The van der Waals surface area contributed by atoms with Gasteiger partial charge in [-0.15, -0.1) is 35.0 Å². The summed E-state index contributed by atoms with van der Waals surface area (Å²) in [4.78, 5) is 44.9. The predicted molar refractivity (Wildman–Crippen MR) is 148 cm³/mol. The van der Waals surface area contributed by atoms with Gasteiger partial charge in [-0.2, -0.15) is 0 Å². The Balaban J connectivity index is 1.86. The second kappa shape index (κ2) is 12.7. The molecule has 16 heteroatoms. The molecular weight excluding hydrogens is 579 g/mol. The maximum atomic E-state index is 13.3. The average molecular weight is 604 g/mol. The van der Waals surface area contributed by atoms with Crippen LogP contribution in [-0.2, 0) is 11.2 Å². The first kappa shape index (κ1) is 29.6. The number of rotatable bonds is 12. The Hall–Kier alpha value is -2.94. The fourth-order valence-corrected chi connectivity index (χ4v) is 5.43. The van der Waals surface area contributed by atoms with E-state index in [1.165, 1.54) is 28.0 Å². The maximum absolute atomic E-state index is 13.3. The van der Waals surface area contributed by atoms with E-state index in [0.717, 1.165) is 22.1 Å². The third-order valence-corrected chi connectivity index (χ3v) is 7.52.